The van der Waals surface area contributed by atoms with Gasteiger partial charge in [0.15, 0.2) is 5.82 Å². The van der Waals surface area contributed by atoms with Gasteiger partial charge in [-0.25, -0.2) is 14.8 Å². The molecule has 2 amide bonds. The lowest BCUT2D eigenvalue weighted by Gasteiger charge is -2.32. The van der Waals surface area contributed by atoms with Gasteiger partial charge >= 0.3 is 12.2 Å². The number of hydrogen-bond donors (Lipinski definition) is 3. The Hall–Kier alpha value is -3.63. The molecule has 1 aromatic carbocycles. The van der Waals surface area contributed by atoms with Gasteiger partial charge in [-0.15, -0.1) is 0 Å². The van der Waals surface area contributed by atoms with Crippen molar-refractivity contribution in [2.75, 3.05) is 5.32 Å². The van der Waals surface area contributed by atoms with Gasteiger partial charge in [0.2, 0.25) is 5.95 Å². The molecule has 1 fully saturated rings. The molecule has 3 aromatic rings. The van der Waals surface area contributed by atoms with Gasteiger partial charge in [-0.1, -0.05) is 30.3 Å². The number of carbonyl (C=O) groups excluding carboxylic acids is 1. The van der Waals surface area contributed by atoms with E-state index in [2.05, 4.69) is 42.9 Å². The number of benzene rings is 1. The van der Waals surface area contributed by atoms with Crippen molar-refractivity contribution in [1.29, 1.82) is 0 Å². The van der Waals surface area contributed by atoms with Crippen LogP contribution in [0, 0.1) is 0 Å². The van der Waals surface area contributed by atoms with E-state index in [1.165, 1.54) is 5.56 Å². The number of halogens is 3. The third-order valence-electron chi connectivity index (χ3n) is 6.22. The van der Waals surface area contributed by atoms with Crippen molar-refractivity contribution in [2.45, 2.75) is 50.5 Å². The van der Waals surface area contributed by atoms with Gasteiger partial charge in [0.05, 0.1) is 17.8 Å². The lowest BCUT2D eigenvalue weighted by molar-refractivity contribution is -0.141. The number of rotatable bonds is 4. The Morgan fingerprint density at radius 2 is 1.97 bits per heavy atom. The fourth-order valence-electron chi connectivity index (χ4n) is 4.29. The molecule has 1 aliphatic carbocycles. The molecule has 2 aliphatic rings. The average molecular weight is 457 g/mol. The molecule has 0 spiro atoms. The Labute approximate surface area is 187 Å². The predicted octanol–water partition coefficient (Wildman–Crippen LogP) is 4.28. The quantitative estimate of drug-likeness (QED) is 0.543. The van der Waals surface area contributed by atoms with E-state index in [0.717, 1.165) is 18.7 Å². The van der Waals surface area contributed by atoms with Gasteiger partial charge in [0.25, 0.3) is 0 Å². The zero-order chi connectivity index (χ0) is 23.4. The van der Waals surface area contributed by atoms with Gasteiger partial charge in [-0.3, -0.25) is 5.10 Å². The third kappa shape index (κ3) is 3.87. The zero-order valence-corrected chi connectivity index (χ0v) is 17.9. The Kier molecular flexibility index (Phi) is 4.80. The molecule has 2 unspecified atom stereocenters. The van der Waals surface area contributed by atoms with Gasteiger partial charge in [0.1, 0.15) is 5.69 Å². The van der Waals surface area contributed by atoms with E-state index in [-0.39, 0.29) is 24.6 Å². The summed E-state index contributed by atoms with van der Waals surface area (Å²) in [6.07, 6.45) is -2.66. The number of urea groups is 1. The van der Waals surface area contributed by atoms with Gasteiger partial charge in [-0.05, 0) is 31.9 Å². The standard InChI is InChI=1S/C22H22F3N7O/c1-21(2)17-14(18(31-30-17)29-19-26-9-8-16(28-19)22(23,24)25)11-32(21)20(33)27-15-10-13(15)12-6-4-3-5-7-12/h3-9,13,15H,10-11H2,1-2H3,(H,27,33)(H2,26,28,29,30,31). The molecule has 1 aliphatic heterocycles. The molecule has 8 nitrogen and oxygen atoms in total. The Morgan fingerprint density at radius 3 is 2.70 bits per heavy atom. The minimum Gasteiger partial charge on any atom is -0.335 e. The predicted molar refractivity (Wildman–Crippen MR) is 114 cm³/mol. The van der Waals surface area contributed by atoms with Crippen LogP contribution in [0.3, 0.4) is 0 Å². The highest BCUT2D eigenvalue weighted by Crippen LogP contribution is 2.43. The number of fused-ring (bicyclic) bond motifs is 1. The summed E-state index contributed by atoms with van der Waals surface area (Å²) in [4.78, 5) is 22.2. The highest BCUT2D eigenvalue weighted by atomic mass is 19.4. The molecule has 11 heteroatoms. The van der Waals surface area contributed by atoms with Crippen LogP contribution < -0.4 is 10.6 Å². The summed E-state index contributed by atoms with van der Waals surface area (Å²) >= 11 is 0. The van der Waals surface area contributed by atoms with Crippen LogP contribution in [-0.4, -0.2) is 37.1 Å². The number of alkyl halides is 3. The molecule has 0 bridgehead atoms. The number of nitrogens with zero attached hydrogens (tertiary/aromatic N) is 4. The average Bonchev–Trinajstić information content (AvgIpc) is 3.33. The van der Waals surface area contributed by atoms with E-state index in [4.69, 9.17) is 0 Å². The highest BCUT2D eigenvalue weighted by Gasteiger charge is 2.47. The van der Waals surface area contributed by atoms with Gasteiger partial charge < -0.3 is 15.5 Å². The summed E-state index contributed by atoms with van der Waals surface area (Å²) in [5.41, 5.74) is 0.864. The van der Waals surface area contributed by atoms with Crippen molar-refractivity contribution in [1.82, 2.24) is 30.4 Å². The molecule has 2 aromatic heterocycles. The smallest absolute Gasteiger partial charge is 0.335 e. The second kappa shape index (κ2) is 7.46. The summed E-state index contributed by atoms with van der Waals surface area (Å²) in [7, 11) is 0. The second-order valence-electron chi connectivity index (χ2n) is 8.77. The maximum Gasteiger partial charge on any atom is 0.433 e. The summed E-state index contributed by atoms with van der Waals surface area (Å²) in [6, 6.07) is 10.7. The normalized spacial score (nSPS) is 20.9. The Bertz CT molecular complexity index is 1190. The topological polar surface area (TPSA) is 98.8 Å². The summed E-state index contributed by atoms with van der Waals surface area (Å²) in [6.45, 7) is 4.03. The van der Waals surface area contributed by atoms with Crippen LogP contribution in [-0.2, 0) is 18.3 Å². The minimum absolute atomic E-state index is 0.0730. The number of anilines is 2. The molecule has 33 heavy (non-hydrogen) atoms. The van der Waals surface area contributed by atoms with Crippen molar-refractivity contribution in [3.63, 3.8) is 0 Å². The molecule has 2 atom stereocenters. The van der Waals surface area contributed by atoms with Crippen LogP contribution in [0.1, 0.15) is 48.7 Å². The summed E-state index contributed by atoms with van der Waals surface area (Å²) in [5, 5.41) is 13.0. The second-order valence-corrected chi connectivity index (χ2v) is 8.77. The first-order valence-electron chi connectivity index (χ1n) is 10.5. The molecule has 5 rings (SSSR count). The van der Waals surface area contributed by atoms with Crippen molar-refractivity contribution in [3.8, 4) is 0 Å². The molecule has 0 radical (unpaired) electrons. The summed E-state index contributed by atoms with van der Waals surface area (Å²) in [5.74, 6) is 0.375. The monoisotopic (exact) mass is 457 g/mol. The molecule has 1 saturated carbocycles. The molecule has 172 valence electrons. The number of hydrogen-bond acceptors (Lipinski definition) is 5. The molecule has 3 heterocycles. The van der Waals surface area contributed by atoms with E-state index in [9.17, 15) is 18.0 Å². The van der Waals surface area contributed by atoms with E-state index in [1.807, 2.05) is 32.0 Å². The van der Waals surface area contributed by atoms with E-state index in [1.54, 1.807) is 4.90 Å². The van der Waals surface area contributed by atoms with E-state index >= 15 is 0 Å². The lowest BCUT2D eigenvalue weighted by Crippen LogP contribution is -2.47. The Balaban J connectivity index is 1.30. The fourth-order valence-corrected chi connectivity index (χ4v) is 4.29. The maximum absolute atomic E-state index is 13.1. The number of aromatic amines is 1. The van der Waals surface area contributed by atoms with Crippen molar-refractivity contribution < 1.29 is 18.0 Å². The molecular formula is C22H22F3N7O. The van der Waals surface area contributed by atoms with E-state index in [0.29, 0.717) is 23.0 Å². The maximum atomic E-state index is 13.1. The molecule has 0 saturated heterocycles. The molecule has 3 N–H and O–H groups in total. The van der Waals surface area contributed by atoms with Crippen LogP contribution in [0.4, 0.5) is 29.7 Å². The first-order valence-corrected chi connectivity index (χ1v) is 10.5. The lowest BCUT2D eigenvalue weighted by atomic mass is 10.0. The zero-order valence-electron chi connectivity index (χ0n) is 17.9. The number of nitrogens with one attached hydrogen (secondary N) is 3. The van der Waals surface area contributed by atoms with Crippen molar-refractivity contribution >= 4 is 17.8 Å². The summed E-state index contributed by atoms with van der Waals surface area (Å²) < 4.78 is 38.9. The fraction of sp³-hybridized carbons (Fsp3) is 0.364. The minimum atomic E-state index is -4.58. The SMILES string of the molecule is CC1(C)c2[nH]nc(Nc3nccc(C(F)(F)F)n3)c2CN1C(=O)NC1CC1c1ccccc1. The first kappa shape index (κ1) is 21.2. The van der Waals surface area contributed by atoms with Crippen molar-refractivity contribution in [3.05, 3.63) is 65.1 Å². The molecular weight excluding hydrogens is 435 g/mol. The van der Waals surface area contributed by atoms with Gasteiger partial charge in [-0.2, -0.15) is 18.3 Å². The largest absolute Gasteiger partial charge is 0.433 e. The van der Waals surface area contributed by atoms with Crippen LogP contribution in [0.15, 0.2) is 42.6 Å². The highest BCUT2D eigenvalue weighted by molar-refractivity contribution is 5.78. The van der Waals surface area contributed by atoms with E-state index < -0.39 is 17.4 Å². The third-order valence-corrected chi connectivity index (χ3v) is 6.22. The van der Waals surface area contributed by atoms with Crippen LogP contribution in [0.25, 0.3) is 0 Å². The van der Waals surface area contributed by atoms with Crippen molar-refractivity contribution in [2.24, 2.45) is 0 Å². The Morgan fingerprint density at radius 1 is 1.21 bits per heavy atom. The van der Waals surface area contributed by atoms with Gasteiger partial charge in [0, 0.05) is 23.7 Å². The number of aromatic nitrogens is 4. The van der Waals surface area contributed by atoms with Crippen LogP contribution in [0.5, 0.6) is 0 Å². The number of H-pyrrole nitrogens is 1. The number of amides is 2. The first-order chi connectivity index (χ1) is 15.6. The number of carbonyl (C=O) groups is 1. The van der Waals surface area contributed by atoms with Crippen LogP contribution >= 0.6 is 0 Å². The van der Waals surface area contributed by atoms with Crippen LogP contribution in [0.2, 0.25) is 0 Å².